The van der Waals surface area contributed by atoms with Crippen molar-refractivity contribution in [1.82, 2.24) is 24.9 Å². The molecule has 0 aliphatic heterocycles. The van der Waals surface area contributed by atoms with Gasteiger partial charge in [-0.25, -0.2) is 0 Å². The monoisotopic (exact) mass is 346 g/mol. The van der Waals surface area contributed by atoms with Gasteiger partial charge in [0.15, 0.2) is 0 Å². The van der Waals surface area contributed by atoms with Crippen LogP contribution in [-0.4, -0.2) is 30.8 Å². The normalized spacial score (nSPS) is 10.8. The molecule has 0 fully saturated rings. The summed E-state index contributed by atoms with van der Waals surface area (Å²) in [7, 11) is 1.82. The summed E-state index contributed by atoms with van der Waals surface area (Å²) in [5.41, 5.74) is 8.68. The fourth-order valence-corrected chi connectivity index (χ4v) is 2.63. The van der Waals surface area contributed by atoms with E-state index in [1.165, 1.54) is 0 Å². The number of carbonyl (C=O) groups excluding carboxylic acids is 1. The van der Waals surface area contributed by atoms with Crippen LogP contribution in [0.15, 0.2) is 59.5 Å². The van der Waals surface area contributed by atoms with E-state index >= 15 is 0 Å². The average molecular weight is 346 g/mol. The van der Waals surface area contributed by atoms with Crippen LogP contribution in [0, 0.1) is 0 Å². The molecule has 1 aromatic carbocycles. The highest BCUT2D eigenvalue weighted by Crippen LogP contribution is 2.30. The van der Waals surface area contributed by atoms with E-state index in [9.17, 15) is 4.79 Å². The van der Waals surface area contributed by atoms with Crippen LogP contribution in [0.25, 0.3) is 34.1 Å². The highest BCUT2D eigenvalue weighted by molar-refractivity contribution is 5.93. The van der Waals surface area contributed by atoms with Gasteiger partial charge in [-0.15, -0.1) is 0 Å². The number of benzene rings is 1. The van der Waals surface area contributed by atoms with Gasteiger partial charge in [0.1, 0.15) is 5.69 Å². The van der Waals surface area contributed by atoms with Crippen LogP contribution in [0.3, 0.4) is 0 Å². The third-order valence-electron chi connectivity index (χ3n) is 3.84. The van der Waals surface area contributed by atoms with E-state index in [0.29, 0.717) is 28.4 Å². The van der Waals surface area contributed by atoms with E-state index in [-0.39, 0.29) is 0 Å². The predicted octanol–water partition coefficient (Wildman–Crippen LogP) is 2.30. The highest BCUT2D eigenvalue weighted by atomic mass is 16.5. The van der Waals surface area contributed by atoms with E-state index in [0.717, 1.165) is 11.3 Å². The number of aryl methyl sites for hydroxylation is 1. The van der Waals surface area contributed by atoms with Crippen LogP contribution < -0.4 is 5.73 Å². The summed E-state index contributed by atoms with van der Waals surface area (Å²) in [5.74, 6) is 0.194. The van der Waals surface area contributed by atoms with E-state index in [1.807, 2.05) is 25.4 Å². The van der Waals surface area contributed by atoms with Crippen LogP contribution in [0.1, 0.15) is 10.4 Å². The Bertz CT molecular complexity index is 1080. The molecule has 3 heterocycles. The Morgan fingerprint density at radius 3 is 2.73 bits per heavy atom. The van der Waals surface area contributed by atoms with Crippen LogP contribution >= 0.6 is 0 Å². The zero-order valence-electron chi connectivity index (χ0n) is 13.8. The lowest BCUT2D eigenvalue weighted by atomic mass is 10.1. The molecule has 0 saturated heterocycles. The number of hydrogen-bond acceptors (Lipinski definition) is 6. The molecule has 4 rings (SSSR count). The maximum absolute atomic E-state index is 11.4. The average Bonchev–Trinajstić information content (AvgIpc) is 3.29. The summed E-state index contributed by atoms with van der Waals surface area (Å²) in [6.45, 7) is 0. The van der Waals surface area contributed by atoms with Gasteiger partial charge in [-0.1, -0.05) is 17.3 Å². The second-order valence-corrected chi connectivity index (χ2v) is 5.67. The lowest BCUT2D eigenvalue weighted by Gasteiger charge is -1.98. The van der Waals surface area contributed by atoms with Crippen LogP contribution in [-0.2, 0) is 7.05 Å². The molecule has 0 radical (unpaired) electrons. The Kier molecular flexibility index (Phi) is 3.77. The van der Waals surface area contributed by atoms with Gasteiger partial charge in [0, 0.05) is 42.3 Å². The minimum absolute atomic E-state index is 0.337. The van der Waals surface area contributed by atoms with Gasteiger partial charge >= 0.3 is 0 Å². The maximum atomic E-state index is 11.4. The highest BCUT2D eigenvalue weighted by Gasteiger charge is 2.19. The lowest BCUT2D eigenvalue weighted by molar-refractivity contribution is 0.100. The van der Waals surface area contributed by atoms with Gasteiger partial charge in [-0.2, -0.15) is 10.1 Å². The van der Waals surface area contributed by atoms with Crippen molar-refractivity contribution in [1.29, 1.82) is 0 Å². The standard InChI is InChI=1S/C18H14N6O2/c1-24-10-14(15(22-24)11-5-7-20-8-6-11)18-21-17(23-26-18)13-4-2-3-12(9-13)16(19)25/h2-10H,1H3,(H2,19,25). The third kappa shape index (κ3) is 2.84. The largest absolute Gasteiger partial charge is 0.366 e. The van der Waals surface area contributed by atoms with Crippen LogP contribution in [0.5, 0.6) is 0 Å². The molecule has 0 saturated carbocycles. The van der Waals surface area contributed by atoms with Crippen molar-refractivity contribution in [3.63, 3.8) is 0 Å². The van der Waals surface area contributed by atoms with Gasteiger partial charge in [-0.3, -0.25) is 14.5 Å². The molecule has 1 amide bonds. The topological polar surface area (TPSA) is 113 Å². The number of carbonyl (C=O) groups is 1. The first-order valence-electron chi connectivity index (χ1n) is 7.80. The van der Waals surface area contributed by atoms with Gasteiger partial charge in [-0.05, 0) is 24.3 Å². The van der Waals surface area contributed by atoms with Gasteiger partial charge in [0.25, 0.3) is 5.89 Å². The molecule has 3 aromatic heterocycles. The Morgan fingerprint density at radius 2 is 1.96 bits per heavy atom. The third-order valence-corrected chi connectivity index (χ3v) is 3.84. The first kappa shape index (κ1) is 15.7. The van der Waals surface area contributed by atoms with E-state index < -0.39 is 5.91 Å². The first-order chi connectivity index (χ1) is 12.6. The molecular formula is C18H14N6O2. The summed E-state index contributed by atoms with van der Waals surface area (Å²) in [4.78, 5) is 19.8. The van der Waals surface area contributed by atoms with Gasteiger partial charge in [0.05, 0.1) is 5.56 Å². The fraction of sp³-hybridized carbons (Fsp3) is 0.0556. The quantitative estimate of drug-likeness (QED) is 0.606. The summed E-state index contributed by atoms with van der Waals surface area (Å²) in [6.07, 6.45) is 5.21. The molecule has 0 atom stereocenters. The Balaban J connectivity index is 1.76. The van der Waals surface area contributed by atoms with Crippen molar-refractivity contribution < 1.29 is 9.32 Å². The molecule has 2 N–H and O–H groups in total. The van der Waals surface area contributed by atoms with Gasteiger partial charge < -0.3 is 10.3 Å². The number of nitrogens with zero attached hydrogens (tertiary/aromatic N) is 5. The smallest absolute Gasteiger partial charge is 0.262 e. The van der Waals surface area contributed by atoms with Crippen molar-refractivity contribution >= 4 is 5.91 Å². The second kappa shape index (κ2) is 6.25. The molecular weight excluding hydrogens is 332 g/mol. The molecule has 0 unspecified atom stereocenters. The van der Waals surface area contributed by atoms with E-state index in [2.05, 4.69) is 20.2 Å². The summed E-state index contributed by atoms with van der Waals surface area (Å²) >= 11 is 0. The lowest BCUT2D eigenvalue weighted by Crippen LogP contribution is -2.10. The number of aromatic nitrogens is 5. The summed E-state index contributed by atoms with van der Waals surface area (Å²) < 4.78 is 7.12. The Morgan fingerprint density at radius 1 is 1.15 bits per heavy atom. The molecule has 8 heteroatoms. The molecule has 8 nitrogen and oxygen atoms in total. The number of amides is 1. The Labute approximate surface area is 148 Å². The zero-order valence-corrected chi connectivity index (χ0v) is 13.8. The van der Waals surface area contributed by atoms with Crippen molar-refractivity contribution in [3.8, 4) is 34.1 Å². The number of rotatable bonds is 4. The molecule has 0 bridgehead atoms. The molecule has 4 aromatic rings. The minimum atomic E-state index is -0.511. The number of hydrogen-bond donors (Lipinski definition) is 1. The van der Waals surface area contributed by atoms with E-state index in [4.69, 9.17) is 10.3 Å². The SMILES string of the molecule is Cn1cc(-c2nc(-c3cccc(C(N)=O)c3)no2)c(-c2ccncc2)n1. The van der Waals surface area contributed by atoms with Crippen molar-refractivity contribution in [2.75, 3.05) is 0 Å². The Hall–Kier alpha value is -3.81. The molecule has 0 spiro atoms. The van der Waals surface area contributed by atoms with Crippen molar-refractivity contribution in [2.24, 2.45) is 12.8 Å². The summed E-state index contributed by atoms with van der Waals surface area (Å²) in [5, 5.41) is 8.50. The first-order valence-corrected chi connectivity index (χ1v) is 7.80. The molecule has 26 heavy (non-hydrogen) atoms. The zero-order chi connectivity index (χ0) is 18.1. The van der Waals surface area contributed by atoms with E-state index in [1.54, 1.807) is 41.3 Å². The van der Waals surface area contributed by atoms with Crippen molar-refractivity contribution in [3.05, 3.63) is 60.6 Å². The van der Waals surface area contributed by atoms with Crippen LogP contribution in [0.4, 0.5) is 0 Å². The fourth-order valence-electron chi connectivity index (χ4n) is 2.63. The van der Waals surface area contributed by atoms with Crippen LogP contribution in [0.2, 0.25) is 0 Å². The minimum Gasteiger partial charge on any atom is -0.366 e. The second-order valence-electron chi connectivity index (χ2n) is 5.67. The molecule has 128 valence electrons. The molecule has 0 aliphatic carbocycles. The number of nitrogens with two attached hydrogens (primary N) is 1. The van der Waals surface area contributed by atoms with Gasteiger partial charge in [0.2, 0.25) is 11.7 Å². The number of primary amides is 1. The van der Waals surface area contributed by atoms with Crippen molar-refractivity contribution in [2.45, 2.75) is 0 Å². The molecule has 0 aliphatic rings. The predicted molar refractivity (Wildman–Crippen MR) is 93.7 cm³/mol. The number of pyridine rings is 1. The maximum Gasteiger partial charge on any atom is 0.262 e. The summed E-state index contributed by atoms with van der Waals surface area (Å²) in [6, 6.07) is 10.5.